The van der Waals surface area contributed by atoms with Crippen LogP contribution in [0.1, 0.15) is 0 Å². The summed E-state index contributed by atoms with van der Waals surface area (Å²) in [5, 5.41) is 30.0. The molecule has 1 heterocycles. The first-order valence-electron chi connectivity index (χ1n) is 6.88. The van der Waals surface area contributed by atoms with E-state index < -0.39 is 4.92 Å². The van der Waals surface area contributed by atoms with Gasteiger partial charge < -0.3 is 5.11 Å². The zero-order chi connectivity index (χ0) is 17.1. The minimum Gasteiger partial charge on any atom is -0.507 e. The van der Waals surface area contributed by atoms with Crippen molar-refractivity contribution in [3.05, 3.63) is 68.8 Å². The topological polar surface area (TPSA) is 105 Å². The van der Waals surface area contributed by atoms with E-state index >= 15 is 0 Å². The maximum absolute atomic E-state index is 10.8. The zero-order valence-electron chi connectivity index (χ0n) is 12.3. The highest BCUT2D eigenvalue weighted by atomic mass is 32.1. The highest BCUT2D eigenvalue weighted by Crippen LogP contribution is 2.31. The van der Waals surface area contributed by atoms with E-state index in [0.29, 0.717) is 21.7 Å². The van der Waals surface area contributed by atoms with E-state index in [1.165, 1.54) is 23.5 Å². The molecule has 7 nitrogen and oxygen atoms in total. The van der Waals surface area contributed by atoms with E-state index in [1.54, 1.807) is 41.0 Å². The molecule has 2 N–H and O–H groups in total. The summed E-state index contributed by atoms with van der Waals surface area (Å²) in [5.41, 5.74) is 1.94. The molecule has 8 heteroatoms. The summed E-state index contributed by atoms with van der Waals surface area (Å²) in [6.07, 6.45) is 0.933. The first kappa shape index (κ1) is 15.6. The van der Waals surface area contributed by atoms with Gasteiger partial charge in [-0.25, -0.2) is 4.99 Å². The number of benzene rings is 2. The number of rotatable bonds is 4. The Hall–Kier alpha value is -3.26. The quantitative estimate of drug-likeness (QED) is 0.329. The van der Waals surface area contributed by atoms with Gasteiger partial charge in [-0.15, -0.1) is 11.3 Å². The van der Waals surface area contributed by atoms with E-state index in [1.807, 2.05) is 5.38 Å². The van der Waals surface area contributed by atoms with Crippen molar-refractivity contribution >= 4 is 23.4 Å². The standard InChI is InChI=1S/C16H12N4O3S/c17-10-18-16-19(11-5-7-12(8-6-11)20(22)23)14(9-24-16)13-3-1-2-4-15(13)21/h1-10,17,21H. The molecular weight excluding hydrogens is 328 g/mol. The minimum absolute atomic E-state index is 0.00997. The predicted octanol–water partition coefficient (Wildman–Crippen LogP) is 3.33. The molecule has 0 saturated heterocycles. The van der Waals surface area contributed by atoms with Gasteiger partial charge >= 0.3 is 0 Å². The SMILES string of the molecule is N=CN=c1scc(-c2ccccc2O)n1-c1ccc([N+](=O)[O-])cc1. The average Bonchev–Trinajstić information content (AvgIpc) is 2.99. The summed E-state index contributed by atoms with van der Waals surface area (Å²) in [5.74, 6) is 0.118. The maximum Gasteiger partial charge on any atom is 0.269 e. The van der Waals surface area contributed by atoms with Gasteiger partial charge in [-0.05, 0) is 24.3 Å². The lowest BCUT2D eigenvalue weighted by Gasteiger charge is -2.10. The molecule has 24 heavy (non-hydrogen) atoms. The van der Waals surface area contributed by atoms with E-state index in [2.05, 4.69) is 4.99 Å². The van der Waals surface area contributed by atoms with Gasteiger partial charge in [0.25, 0.3) is 5.69 Å². The van der Waals surface area contributed by atoms with E-state index in [4.69, 9.17) is 5.41 Å². The number of aromatic hydroxyl groups is 1. The second-order valence-corrected chi connectivity index (χ2v) is 5.62. The van der Waals surface area contributed by atoms with Crippen LogP contribution in [0.25, 0.3) is 16.9 Å². The molecule has 0 aliphatic rings. The van der Waals surface area contributed by atoms with Crippen LogP contribution in [0.4, 0.5) is 5.69 Å². The van der Waals surface area contributed by atoms with Gasteiger partial charge in [-0.1, -0.05) is 12.1 Å². The van der Waals surface area contributed by atoms with Crippen LogP contribution in [-0.4, -0.2) is 20.9 Å². The normalized spacial score (nSPS) is 11.4. The van der Waals surface area contributed by atoms with Crippen molar-refractivity contribution < 1.29 is 10.0 Å². The Morgan fingerprint density at radius 2 is 1.92 bits per heavy atom. The monoisotopic (exact) mass is 340 g/mol. The molecule has 0 aliphatic carbocycles. The van der Waals surface area contributed by atoms with Crippen molar-refractivity contribution in [1.82, 2.24) is 4.57 Å². The number of aromatic nitrogens is 1. The van der Waals surface area contributed by atoms with Gasteiger partial charge in [-0.2, -0.15) is 0 Å². The third kappa shape index (κ3) is 2.82. The summed E-state index contributed by atoms with van der Waals surface area (Å²) in [4.78, 5) is 14.9. The number of hydrogen-bond acceptors (Lipinski definition) is 5. The molecule has 0 bridgehead atoms. The first-order chi connectivity index (χ1) is 11.6. The van der Waals surface area contributed by atoms with Gasteiger partial charge in [0.15, 0.2) is 4.80 Å². The molecule has 1 aromatic heterocycles. The van der Waals surface area contributed by atoms with Crippen molar-refractivity contribution in [3.8, 4) is 22.7 Å². The Labute approximate surface area is 140 Å². The highest BCUT2D eigenvalue weighted by Gasteiger charge is 2.14. The number of nitro groups is 1. The van der Waals surface area contributed by atoms with Gasteiger partial charge in [0, 0.05) is 28.8 Å². The van der Waals surface area contributed by atoms with Crippen molar-refractivity contribution in [1.29, 1.82) is 5.41 Å². The summed E-state index contributed by atoms with van der Waals surface area (Å²) >= 11 is 1.31. The maximum atomic E-state index is 10.8. The van der Waals surface area contributed by atoms with Crippen LogP contribution in [0.2, 0.25) is 0 Å². The number of hydrogen-bond donors (Lipinski definition) is 2. The number of nitrogens with one attached hydrogen (secondary N) is 1. The number of nitrogens with zero attached hydrogens (tertiary/aromatic N) is 3. The lowest BCUT2D eigenvalue weighted by atomic mass is 10.1. The van der Waals surface area contributed by atoms with Crippen LogP contribution in [0.15, 0.2) is 58.9 Å². The fraction of sp³-hybridized carbons (Fsp3) is 0. The van der Waals surface area contributed by atoms with Gasteiger partial charge in [-0.3, -0.25) is 20.1 Å². The molecule has 0 saturated carbocycles. The fourth-order valence-corrected chi connectivity index (χ4v) is 3.18. The van der Waals surface area contributed by atoms with Crippen molar-refractivity contribution in [3.63, 3.8) is 0 Å². The molecule has 0 atom stereocenters. The van der Waals surface area contributed by atoms with Crippen molar-refractivity contribution in [2.45, 2.75) is 0 Å². The average molecular weight is 340 g/mol. The molecular formula is C16H12N4O3S. The second kappa shape index (κ2) is 6.47. The number of phenolic OH excluding ortho intramolecular Hbond substituents is 1. The molecule has 0 radical (unpaired) electrons. The van der Waals surface area contributed by atoms with E-state index in [9.17, 15) is 15.2 Å². The molecule has 2 aromatic carbocycles. The van der Waals surface area contributed by atoms with E-state index in [0.717, 1.165) is 6.34 Å². The van der Waals surface area contributed by atoms with Crippen molar-refractivity contribution in [2.24, 2.45) is 4.99 Å². The highest BCUT2D eigenvalue weighted by molar-refractivity contribution is 7.07. The summed E-state index contributed by atoms with van der Waals surface area (Å²) in [6.45, 7) is 0. The van der Waals surface area contributed by atoms with Crippen molar-refractivity contribution in [2.75, 3.05) is 0 Å². The summed E-state index contributed by atoms with van der Waals surface area (Å²) in [7, 11) is 0. The number of para-hydroxylation sites is 1. The minimum atomic E-state index is -0.463. The summed E-state index contributed by atoms with van der Waals surface area (Å²) in [6, 6.07) is 12.9. The number of phenols is 1. The van der Waals surface area contributed by atoms with Gasteiger partial charge in [0.05, 0.1) is 10.6 Å². The van der Waals surface area contributed by atoms with Crippen LogP contribution in [0, 0.1) is 15.5 Å². The number of nitro benzene ring substituents is 1. The van der Waals surface area contributed by atoms with Crippen LogP contribution in [-0.2, 0) is 0 Å². The fourth-order valence-electron chi connectivity index (χ4n) is 2.31. The van der Waals surface area contributed by atoms with E-state index in [-0.39, 0.29) is 11.4 Å². The van der Waals surface area contributed by atoms with Crippen LogP contribution < -0.4 is 4.80 Å². The Morgan fingerprint density at radius 3 is 2.54 bits per heavy atom. The lowest BCUT2D eigenvalue weighted by Crippen LogP contribution is -2.14. The van der Waals surface area contributed by atoms with Crippen LogP contribution in [0.5, 0.6) is 5.75 Å². The zero-order valence-corrected chi connectivity index (χ0v) is 13.1. The van der Waals surface area contributed by atoms with Gasteiger partial charge in [0.2, 0.25) is 0 Å². The molecule has 3 rings (SSSR count). The molecule has 3 aromatic rings. The smallest absolute Gasteiger partial charge is 0.269 e. The number of non-ortho nitro benzene ring substituents is 1. The Balaban J connectivity index is 2.24. The molecule has 0 spiro atoms. The van der Waals surface area contributed by atoms with Crippen LogP contribution >= 0.6 is 11.3 Å². The van der Waals surface area contributed by atoms with Crippen LogP contribution in [0.3, 0.4) is 0 Å². The predicted molar refractivity (Wildman–Crippen MR) is 91.7 cm³/mol. The largest absolute Gasteiger partial charge is 0.507 e. The summed E-state index contributed by atoms with van der Waals surface area (Å²) < 4.78 is 1.74. The Morgan fingerprint density at radius 1 is 1.21 bits per heavy atom. The number of thiazole rings is 1. The Bertz CT molecular complexity index is 973. The molecule has 0 unspecified atom stereocenters. The Kier molecular flexibility index (Phi) is 4.21. The first-order valence-corrected chi connectivity index (χ1v) is 7.76. The molecule has 120 valence electrons. The third-order valence-electron chi connectivity index (χ3n) is 3.38. The van der Waals surface area contributed by atoms with Gasteiger partial charge in [0.1, 0.15) is 12.1 Å². The lowest BCUT2D eigenvalue weighted by molar-refractivity contribution is -0.384. The molecule has 0 amide bonds. The molecule has 0 aliphatic heterocycles. The molecule has 0 fully saturated rings. The third-order valence-corrected chi connectivity index (χ3v) is 4.22. The second-order valence-electron chi connectivity index (χ2n) is 4.79.